The van der Waals surface area contributed by atoms with Gasteiger partial charge in [0.2, 0.25) is 5.82 Å². The molecule has 8 heteroatoms. The number of ether oxygens (including phenoxy) is 1. The minimum absolute atomic E-state index is 0.0196. The summed E-state index contributed by atoms with van der Waals surface area (Å²) in [5, 5.41) is 6.64. The summed E-state index contributed by atoms with van der Waals surface area (Å²) in [4.78, 5) is 29.6. The quantitative estimate of drug-likeness (QED) is 0.730. The lowest BCUT2D eigenvalue weighted by molar-refractivity contribution is -0.120. The van der Waals surface area contributed by atoms with Crippen LogP contribution in [0.15, 0.2) is 53.1 Å². The van der Waals surface area contributed by atoms with Crippen LogP contribution in [0.4, 0.5) is 5.69 Å². The summed E-state index contributed by atoms with van der Waals surface area (Å²) >= 11 is 0. The first-order chi connectivity index (χ1) is 13.6. The first-order valence-electron chi connectivity index (χ1n) is 8.81. The highest BCUT2D eigenvalue weighted by Gasteiger charge is 2.23. The average molecular weight is 378 g/mol. The van der Waals surface area contributed by atoms with Crippen LogP contribution in [0.1, 0.15) is 16.2 Å². The topological polar surface area (TPSA) is 97.6 Å². The van der Waals surface area contributed by atoms with Crippen molar-refractivity contribution >= 4 is 17.5 Å². The van der Waals surface area contributed by atoms with Gasteiger partial charge in [0.25, 0.3) is 5.91 Å². The molecule has 4 rings (SSSR count). The van der Waals surface area contributed by atoms with E-state index in [0.717, 1.165) is 5.56 Å². The smallest absolute Gasteiger partial charge is 0.316 e. The monoisotopic (exact) mass is 378 g/mol. The molecule has 1 aliphatic heterocycles. The maximum atomic E-state index is 12.2. The van der Waals surface area contributed by atoms with Crippen molar-refractivity contribution in [3.63, 3.8) is 0 Å². The second-order valence-electron chi connectivity index (χ2n) is 6.34. The molecule has 0 radical (unpaired) electrons. The molecule has 2 amide bonds. The van der Waals surface area contributed by atoms with Gasteiger partial charge in [0.1, 0.15) is 5.75 Å². The Balaban J connectivity index is 1.43. The molecule has 3 aromatic rings. The van der Waals surface area contributed by atoms with Gasteiger partial charge in [0.05, 0.1) is 5.69 Å². The Morgan fingerprint density at radius 3 is 2.86 bits per heavy atom. The summed E-state index contributed by atoms with van der Waals surface area (Å²) in [6.45, 7) is 0.446. The molecule has 1 aliphatic rings. The number of rotatable bonds is 5. The number of likely N-dealkylation sites (N-methyl/N-ethyl adjacent to an activating group) is 1. The zero-order valence-electron chi connectivity index (χ0n) is 15.2. The van der Waals surface area contributed by atoms with Crippen LogP contribution in [-0.4, -0.2) is 42.2 Å². The zero-order chi connectivity index (χ0) is 19.5. The molecule has 28 heavy (non-hydrogen) atoms. The predicted molar refractivity (Wildman–Crippen MR) is 101 cm³/mol. The van der Waals surface area contributed by atoms with Crippen LogP contribution in [0.5, 0.6) is 5.75 Å². The summed E-state index contributed by atoms with van der Waals surface area (Å²) in [5.41, 5.74) is 2.43. The second-order valence-corrected chi connectivity index (χ2v) is 6.34. The van der Waals surface area contributed by atoms with Gasteiger partial charge in [-0.25, -0.2) is 0 Å². The van der Waals surface area contributed by atoms with E-state index in [2.05, 4.69) is 15.5 Å². The normalized spacial score (nSPS) is 13.0. The highest BCUT2D eigenvalue weighted by Crippen LogP contribution is 2.34. The Bertz CT molecular complexity index is 1020. The molecule has 142 valence electrons. The molecule has 0 bridgehead atoms. The van der Waals surface area contributed by atoms with Crippen molar-refractivity contribution in [3.05, 3.63) is 60.0 Å². The summed E-state index contributed by atoms with van der Waals surface area (Å²) < 4.78 is 10.5. The average Bonchev–Trinajstić information content (AvgIpc) is 3.22. The molecule has 2 heterocycles. The Labute approximate surface area is 161 Å². The van der Waals surface area contributed by atoms with Gasteiger partial charge in [0, 0.05) is 19.2 Å². The maximum Gasteiger partial charge on any atom is 0.316 e. The summed E-state index contributed by atoms with van der Waals surface area (Å²) in [5.74, 6) is 0.190. The van der Waals surface area contributed by atoms with Crippen LogP contribution >= 0.6 is 0 Å². The summed E-state index contributed by atoms with van der Waals surface area (Å²) in [7, 11) is 1.69. The summed E-state index contributed by atoms with van der Waals surface area (Å²) in [6, 6.07) is 15.1. The number of benzene rings is 2. The highest BCUT2D eigenvalue weighted by molar-refractivity contribution is 5.97. The minimum atomic E-state index is -0.422. The van der Waals surface area contributed by atoms with E-state index in [1.54, 1.807) is 25.2 Å². The molecular weight excluding hydrogens is 360 g/mol. The molecule has 0 saturated heterocycles. The van der Waals surface area contributed by atoms with Gasteiger partial charge in [0.15, 0.2) is 6.61 Å². The van der Waals surface area contributed by atoms with E-state index >= 15 is 0 Å². The van der Waals surface area contributed by atoms with Crippen LogP contribution in [0.3, 0.4) is 0 Å². The molecule has 0 atom stereocenters. The number of nitrogens with one attached hydrogen (secondary N) is 1. The van der Waals surface area contributed by atoms with E-state index in [-0.39, 0.29) is 24.2 Å². The first-order valence-corrected chi connectivity index (χ1v) is 8.81. The van der Waals surface area contributed by atoms with E-state index in [1.807, 2.05) is 30.3 Å². The lowest BCUT2D eigenvalue weighted by Gasteiger charge is -2.25. The third kappa shape index (κ3) is 3.57. The molecule has 0 fully saturated rings. The molecule has 8 nitrogen and oxygen atoms in total. The van der Waals surface area contributed by atoms with Crippen molar-refractivity contribution < 1.29 is 18.8 Å². The van der Waals surface area contributed by atoms with E-state index in [4.69, 9.17) is 9.26 Å². The van der Waals surface area contributed by atoms with Crippen molar-refractivity contribution in [3.8, 4) is 17.1 Å². The fraction of sp³-hybridized carbons (Fsp3) is 0.200. The predicted octanol–water partition coefficient (Wildman–Crippen LogP) is 2.06. The molecule has 0 unspecified atom stereocenters. The van der Waals surface area contributed by atoms with Crippen LogP contribution < -0.4 is 15.0 Å². The Morgan fingerprint density at radius 2 is 2.04 bits per heavy atom. The number of amides is 2. The van der Waals surface area contributed by atoms with Crippen LogP contribution in [0, 0.1) is 0 Å². The number of fused-ring (bicyclic) bond motifs is 1. The summed E-state index contributed by atoms with van der Waals surface area (Å²) in [6.07, 6.45) is 0.710. The second kappa shape index (κ2) is 7.51. The van der Waals surface area contributed by atoms with Gasteiger partial charge in [-0.15, -0.1) is 0 Å². The molecular formula is C20H18N4O4. The molecule has 2 aromatic carbocycles. The van der Waals surface area contributed by atoms with Crippen LogP contribution in [0.2, 0.25) is 0 Å². The van der Waals surface area contributed by atoms with E-state index < -0.39 is 5.91 Å². The fourth-order valence-electron chi connectivity index (χ4n) is 2.89. The molecule has 1 N–H and O–H groups in total. The third-order valence-electron chi connectivity index (χ3n) is 4.47. The number of aromatic nitrogens is 2. The largest absolute Gasteiger partial charge is 0.482 e. The van der Waals surface area contributed by atoms with Gasteiger partial charge in [-0.2, -0.15) is 4.98 Å². The lowest BCUT2D eigenvalue weighted by Crippen LogP contribution is -2.35. The van der Waals surface area contributed by atoms with Crippen molar-refractivity contribution in [1.82, 2.24) is 15.5 Å². The van der Waals surface area contributed by atoms with E-state index in [1.165, 1.54) is 4.90 Å². The molecule has 0 aliphatic carbocycles. The number of hydrogen-bond acceptors (Lipinski definition) is 6. The number of nitrogens with zero attached hydrogens (tertiary/aromatic N) is 3. The number of carbonyl (C=O) groups is 2. The van der Waals surface area contributed by atoms with Crippen molar-refractivity contribution in [1.29, 1.82) is 0 Å². The number of anilines is 1. The zero-order valence-corrected chi connectivity index (χ0v) is 15.2. The van der Waals surface area contributed by atoms with E-state index in [9.17, 15) is 9.59 Å². The van der Waals surface area contributed by atoms with Crippen molar-refractivity contribution in [2.75, 3.05) is 25.1 Å². The lowest BCUT2D eigenvalue weighted by atomic mass is 10.1. The maximum absolute atomic E-state index is 12.2. The minimum Gasteiger partial charge on any atom is -0.482 e. The molecule has 0 saturated carbocycles. The van der Waals surface area contributed by atoms with Crippen LogP contribution in [-0.2, 0) is 11.2 Å². The Hall–Kier alpha value is -3.68. The third-order valence-corrected chi connectivity index (χ3v) is 4.47. The van der Waals surface area contributed by atoms with Gasteiger partial charge in [-0.05, 0) is 30.2 Å². The number of carbonyl (C=O) groups excluding carboxylic acids is 2. The number of hydrogen-bond donors (Lipinski definition) is 1. The first kappa shape index (κ1) is 17.7. The highest BCUT2D eigenvalue weighted by atomic mass is 16.5. The van der Waals surface area contributed by atoms with E-state index in [0.29, 0.717) is 30.0 Å². The van der Waals surface area contributed by atoms with Crippen molar-refractivity contribution in [2.24, 2.45) is 0 Å². The SMILES string of the molecule is CN1C(=O)COc2cc(-c3noc(C(=O)NCCc4ccccc4)n3)ccc21. The van der Waals surface area contributed by atoms with Gasteiger partial charge in [-0.1, -0.05) is 35.5 Å². The standard InChI is InChI=1S/C20H18N4O4/c1-24-15-8-7-14(11-16(15)27-12-17(24)25)18-22-20(28-23-18)19(26)21-10-9-13-5-3-2-4-6-13/h2-8,11H,9-10,12H2,1H3,(H,21,26). The molecule has 1 aromatic heterocycles. The van der Waals surface area contributed by atoms with Crippen molar-refractivity contribution in [2.45, 2.75) is 6.42 Å². The van der Waals surface area contributed by atoms with Gasteiger partial charge < -0.3 is 19.5 Å². The Kier molecular flexibility index (Phi) is 4.76. The van der Waals surface area contributed by atoms with Gasteiger partial charge in [-0.3, -0.25) is 9.59 Å². The Morgan fingerprint density at radius 1 is 1.21 bits per heavy atom. The van der Waals surface area contributed by atoms with Gasteiger partial charge >= 0.3 is 11.8 Å². The molecule has 0 spiro atoms. The fourth-order valence-corrected chi connectivity index (χ4v) is 2.89. The van der Waals surface area contributed by atoms with Crippen LogP contribution in [0.25, 0.3) is 11.4 Å².